The molecule has 34 heavy (non-hydrogen) atoms. The number of rotatable bonds is 5. The van der Waals surface area contributed by atoms with Crippen molar-refractivity contribution in [2.45, 2.75) is 24.7 Å². The van der Waals surface area contributed by atoms with E-state index in [1.807, 2.05) is 30.3 Å². The number of hydrogen-bond acceptors (Lipinski definition) is 9. The van der Waals surface area contributed by atoms with Crippen molar-refractivity contribution in [1.82, 2.24) is 39.8 Å². The van der Waals surface area contributed by atoms with Crippen molar-refractivity contribution in [3.05, 3.63) is 42.9 Å². The Labute approximate surface area is 193 Å². The van der Waals surface area contributed by atoms with Crippen molar-refractivity contribution in [3.63, 3.8) is 0 Å². The van der Waals surface area contributed by atoms with Crippen LogP contribution in [0.3, 0.4) is 0 Å². The average molecular weight is 461 g/mol. The number of anilines is 1. The van der Waals surface area contributed by atoms with Crippen LogP contribution >= 0.6 is 0 Å². The van der Waals surface area contributed by atoms with Gasteiger partial charge in [0, 0.05) is 25.6 Å². The number of fused-ring (bicyclic) bond motifs is 2. The maximum atomic E-state index is 12.5. The quantitative estimate of drug-likeness (QED) is 0.325. The molecule has 174 valence electrons. The maximum absolute atomic E-state index is 12.5. The Bertz CT molecular complexity index is 1400. The number of benzene rings is 1. The van der Waals surface area contributed by atoms with Gasteiger partial charge < -0.3 is 25.4 Å². The number of aliphatic hydroxyl groups excluding tert-OH is 2. The number of aromatic nitrogens is 7. The van der Waals surface area contributed by atoms with Crippen LogP contribution in [0, 0.1) is 11.3 Å². The average Bonchev–Trinajstić information content (AvgIpc) is 3.14. The van der Waals surface area contributed by atoms with E-state index in [1.165, 1.54) is 11.7 Å². The molecule has 2 saturated carbocycles. The highest BCUT2D eigenvalue weighted by atomic mass is 16.3. The Hall–Kier alpha value is -3.90. The lowest BCUT2D eigenvalue weighted by Gasteiger charge is -2.23. The molecule has 1 amide bonds. The summed E-state index contributed by atoms with van der Waals surface area (Å²) in [7, 11) is 3.26. The fourth-order valence-electron chi connectivity index (χ4n) is 5.29. The van der Waals surface area contributed by atoms with E-state index in [0.29, 0.717) is 29.1 Å². The fraction of sp³-hybridized carbons (Fsp3) is 0.364. The predicted octanol–water partition coefficient (Wildman–Crippen LogP) is 0.144. The Morgan fingerprint density at radius 2 is 1.97 bits per heavy atom. The van der Waals surface area contributed by atoms with Crippen LogP contribution in [0.4, 0.5) is 5.82 Å². The van der Waals surface area contributed by atoms with Gasteiger partial charge in [-0.1, -0.05) is 35.5 Å². The van der Waals surface area contributed by atoms with Crippen LogP contribution in [0.1, 0.15) is 12.5 Å². The Kier molecular flexibility index (Phi) is 4.44. The van der Waals surface area contributed by atoms with E-state index in [-0.39, 0.29) is 17.8 Å². The fourth-order valence-corrected chi connectivity index (χ4v) is 5.29. The van der Waals surface area contributed by atoms with Gasteiger partial charge in [0.2, 0.25) is 5.91 Å². The van der Waals surface area contributed by atoms with Gasteiger partial charge in [0.25, 0.3) is 5.95 Å². The van der Waals surface area contributed by atoms with Gasteiger partial charge in [-0.25, -0.2) is 4.98 Å². The normalized spacial score (nSPS) is 27.5. The summed E-state index contributed by atoms with van der Waals surface area (Å²) in [5.41, 5.74) is 1.56. The molecule has 2 aliphatic rings. The maximum Gasteiger partial charge on any atom is 0.256 e. The first-order valence-electron chi connectivity index (χ1n) is 11.0. The number of carbonyl (C=O) groups is 1. The standard InChI is InChI=1S/C22H23N9O3/c1-23-18-14-19(27-21(26-18)31-9-13(28-29-31)11-6-4-3-5-7-11)30(10-25-14)15-12-8-22(12,20(34)24-2)17(33)16(15)32/h3-7,9-10,12,15-17,32-33H,8H2,1-2H3,(H,24,34)(H,23,26,27)/t12?,15-,16?,17+,22-/m1/s1. The van der Waals surface area contributed by atoms with Crippen LogP contribution in [-0.4, -0.2) is 76.9 Å². The number of nitrogens with one attached hydrogen (secondary N) is 2. The van der Waals surface area contributed by atoms with Gasteiger partial charge >= 0.3 is 0 Å². The highest BCUT2D eigenvalue weighted by Crippen LogP contribution is 2.67. The minimum atomic E-state index is -1.17. The molecule has 4 aromatic rings. The van der Waals surface area contributed by atoms with Gasteiger partial charge in [-0.15, -0.1) is 5.10 Å². The van der Waals surface area contributed by atoms with Crippen LogP contribution in [-0.2, 0) is 4.79 Å². The van der Waals surface area contributed by atoms with Crippen molar-refractivity contribution in [2.75, 3.05) is 19.4 Å². The molecule has 6 rings (SSSR count). The number of aliphatic hydroxyl groups is 2. The SMILES string of the molecule is CNC(=O)[C@]12CC1[C@@H](n1cnc3c(NC)nc(-n4cc(-c5ccccc5)nn4)nc31)C(O)[C@@H]2O. The molecule has 0 spiro atoms. The summed E-state index contributed by atoms with van der Waals surface area (Å²) >= 11 is 0. The summed E-state index contributed by atoms with van der Waals surface area (Å²) in [5.74, 6) is 0.257. The smallest absolute Gasteiger partial charge is 0.256 e. The third-order valence-electron chi connectivity index (χ3n) is 7.06. The molecule has 0 radical (unpaired) electrons. The van der Waals surface area contributed by atoms with Crippen molar-refractivity contribution >= 4 is 22.9 Å². The van der Waals surface area contributed by atoms with Crippen molar-refractivity contribution in [3.8, 4) is 17.2 Å². The van der Waals surface area contributed by atoms with Crippen LogP contribution < -0.4 is 10.6 Å². The number of imidazole rings is 1. The van der Waals surface area contributed by atoms with Crippen LogP contribution in [0.25, 0.3) is 28.4 Å². The first-order chi connectivity index (χ1) is 16.5. The summed E-state index contributed by atoms with van der Waals surface area (Å²) in [5, 5.41) is 35.7. The van der Waals surface area contributed by atoms with E-state index >= 15 is 0 Å². The van der Waals surface area contributed by atoms with Crippen LogP contribution in [0.15, 0.2) is 42.9 Å². The number of carbonyl (C=O) groups excluding carboxylic acids is 1. The minimum Gasteiger partial charge on any atom is -0.389 e. The van der Waals surface area contributed by atoms with Gasteiger partial charge in [0.15, 0.2) is 17.0 Å². The zero-order valence-corrected chi connectivity index (χ0v) is 18.5. The molecule has 2 unspecified atom stereocenters. The van der Waals surface area contributed by atoms with Gasteiger partial charge in [0.1, 0.15) is 11.8 Å². The molecule has 4 N–H and O–H groups in total. The Morgan fingerprint density at radius 1 is 1.18 bits per heavy atom. The molecular formula is C22H23N9O3. The van der Waals surface area contributed by atoms with Crippen molar-refractivity contribution in [2.24, 2.45) is 11.3 Å². The molecule has 1 aromatic carbocycles. The van der Waals surface area contributed by atoms with E-state index < -0.39 is 23.7 Å². The highest BCUT2D eigenvalue weighted by molar-refractivity contribution is 5.88. The first-order valence-corrected chi connectivity index (χ1v) is 11.0. The number of hydrogen-bond donors (Lipinski definition) is 4. The third-order valence-corrected chi connectivity index (χ3v) is 7.06. The summed E-state index contributed by atoms with van der Waals surface area (Å²) < 4.78 is 3.21. The number of amides is 1. The van der Waals surface area contributed by atoms with Gasteiger partial charge in [0.05, 0.1) is 30.1 Å². The minimum absolute atomic E-state index is 0.234. The first kappa shape index (κ1) is 20.7. The molecule has 3 heterocycles. The van der Waals surface area contributed by atoms with E-state index in [2.05, 4.69) is 35.9 Å². The molecule has 3 aromatic heterocycles. The summed E-state index contributed by atoms with van der Waals surface area (Å²) in [4.78, 5) is 26.2. The lowest BCUT2D eigenvalue weighted by molar-refractivity contribution is -0.132. The summed E-state index contributed by atoms with van der Waals surface area (Å²) in [6, 6.07) is 9.10. The zero-order chi connectivity index (χ0) is 23.6. The summed E-state index contributed by atoms with van der Waals surface area (Å²) in [6.45, 7) is 0. The molecule has 2 fully saturated rings. The monoisotopic (exact) mass is 461 g/mol. The van der Waals surface area contributed by atoms with Crippen LogP contribution in [0.5, 0.6) is 0 Å². The summed E-state index contributed by atoms with van der Waals surface area (Å²) in [6.07, 6.45) is 1.48. The Morgan fingerprint density at radius 3 is 2.71 bits per heavy atom. The Balaban J connectivity index is 1.44. The van der Waals surface area contributed by atoms with E-state index in [0.717, 1.165) is 5.56 Å². The largest absolute Gasteiger partial charge is 0.389 e. The topological polar surface area (TPSA) is 156 Å². The van der Waals surface area contributed by atoms with E-state index in [4.69, 9.17) is 0 Å². The molecular weight excluding hydrogens is 438 g/mol. The van der Waals surface area contributed by atoms with E-state index in [1.54, 1.807) is 24.1 Å². The molecule has 12 nitrogen and oxygen atoms in total. The molecule has 2 aliphatic carbocycles. The second-order valence-corrected chi connectivity index (χ2v) is 8.72. The second kappa shape index (κ2) is 7.30. The van der Waals surface area contributed by atoms with E-state index in [9.17, 15) is 15.0 Å². The second-order valence-electron chi connectivity index (χ2n) is 8.72. The van der Waals surface area contributed by atoms with Gasteiger partial charge in [-0.3, -0.25) is 4.79 Å². The van der Waals surface area contributed by atoms with Gasteiger partial charge in [-0.2, -0.15) is 14.6 Å². The van der Waals surface area contributed by atoms with Crippen LogP contribution in [0.2, 0.25) is 0 Å². The number of nitrogens with zero attached hydrogens (tertiary/aromatic N) is 7. The molecule has 0 saturated heterocycles. The lowest BCUT2D eigenvalue weighted by atomic mass is 9.98. The molecule has 12 heteroatoms. The van der Waals surface area contributed by atoms with Crippen molar-refractivity contribution < 1.29 is 15.0 Å². The van der Waals surface area contributed by atoms with Gasteiger partial charge in [-0.05, 0) is 6.42 Å². The predicted molar refractivity (Wildman–Crippen MR) is 121 cm³/mol. The third kappa shape index (κ3) is 2.72. The lowest BCUT2D eigenvalue weighted by Crippen LogP contribution is -2.41. The zero-order valence-electron chi connectivity index (χ0n) is 18.5. The molecule has 0 bridgehead atoms. The van der Waals surface area contributed by atoms with Crippen molar-refractivity contribution in [1.29, 1.82) is 0 Å². The molecule has 5 atom stereocenters. The molecule has 0 aliphatic heterocycles. The highest BCUT2D eigenvalue weighted by Gasteiger charge is 2.75.